The Morgan fingerprint density at radius 2 is 0.921 bits per heavy atom. The van der Waals surface area contributed by atoms with Gasteiger partial charge in [0.25, 0.3) is 0 Å². The number of unbranched alkanes of at least 4 members (excludes halogenated alkanes) is 11. The van der Waals surface area contributed by atoms with Gasteiger partial charge < -0.3 is 39.9 Å². The summed E-state index contributed by atoms with van der Waals surface area (Å²) in [6.45, 7) is 3.09. The number of phosphoric acid groups is 1. The van der Waals surface area contributed by atoms with Gasteiger partial charge in [-0.25, -0.2) is 4.57 Å². The third kappa shape index (κ3) is 30.7. The number of hydrogen-bond donors (Lipinski definition) is 6. The first kappa shape index (κ1) is 58.0. The Kier molecular flexibility index (Phi) is 35.3. The van der Waals surface area contributed by atoms with E-state index in [0.717, 1.165) is 89.9 Å². The largest absolute Gasteiger partial charge is 0.472 e. The van der Waals surface area contributed by atoms with Gasteiger partial charge >= 0.3 is 19.8 Å². The van der Waals surface area contributed by atoms with Gasteiger partial charge in [0.15, 0.2) is 6.10 Å². The van der Waals surface area contributed by atoms with E-state index in [2.05, 4.69) is 86.8 Å². The summed E-state index contributed by atoms with van der Waals surface area (Å²) in [5, 5.41) is 50.2. The summed E-state index contributed by atoms with van der Waals surface area (Å²) in [5.74, 6) is -1.18. The SMILES string of the molecule is CC/C=C/C/C=C/C/C=C/C/C=C/C/C=C/CCCC(=O)OC[C@@H](COP(=O)(O)OC1C(O)C(O)C(O)[C@H](O)C1O)OC(=O)CCCCCCCCC/C=C/C/C=C/CCCCC. The highest BCUT2D eigenvalue weighted by Gasteiger charge is 2.51. The zero-order chi connectivity index (χ0) is 46.4. The molecule has 0 heterocycles. The zero-order valence-electron chi connectivity index (χ0n) is 38.1. The topological polar surface area (TPSA) is 210 Å². The minimum atomic E-state index is -5.14. The van der Waals surface area contributed by atoms with Crippen LogP contribution in [-0.2, 0) is 32.7 Å². The van der Waals surface area contributed by atoms with E-state index in [-0.39, 0.29) is 12.8 Å². The highest BCUT2D eigenvalue weighted by atomic mass is 31.2. The lowest BCUT2D eigenvalue weighted by Gasteiger charge is -2.41. The molecule has 8 atom stereocenters. The number of rotatable bonds is 37. The van der Waals surface area contributed by atoms with Crippen LogP contribution in [0.1, 0.15) is 155 Å². The van der Waals surface area contributed by atoms with E-state index in [1.165, 1.54) is 19.3 Å². The molecule has 0 saturated heterocycles. The second kappa shape index (κ2) is 38.3. The quantitative estimate of drug-likeness (QED) is 0.0149. The Labute approximate surface area is 378 Å². The molecule has 63 heavy (non-hydrogen) atoms. The van der Waals surface area contributed by atoms with Crippen molar-refractivity contribution in [2.45, 2.75) is 198 Å². The van der Waals surface area contributed by atoms with Crippen molar-refractivity contribution in [3.8, 4) is 0 Å². The number of allylic oxidation sites excluding steroid dienone is 14. The molecular formula is C49H81O13P. The molecule has 6 unspecified atom stereocenters. The molecule has 0 aliphatic heterocycles. The Bertz CT molecular complexity index is 1420. The monoisotopic (exact) mass is 909 g/mol. The highest BCUT2D eigenvalue weighted by Crippen LogP contribution is 2.47. The van der Waals surface area contributed by atoms with Crippen molar-refractivity contribution in [2.75, 3.05) is 13.2 Å². The molecule has 0 bridgehead atoms. The normalized spacial score (nSPS) is 22.5. The predicted octanol–water partition coefficient (Wildman–Crippen LogP) is 9.28. The van der Waals surface area contributed by atoms with Crippen molar-refractivity contribution in [3.63, 3.8) is 0 Å². The van der Waals surface area contributed by atoms with Crippen LogP contribution in [0.4, 0.5) is 0 Å². The number of esters is 2. The molecule has 360 valence electrons. The molecule has 1 rings (SSSR count). The van der Waals surface area contributed by atoms with E-state index in [1.807, 2.05) is 12.2 Å². The number of phosphoric ester groups is 1. The molecule has 13 nitrogen and oxygen atoms in total. The predicted molar refractivity (Wildman–Crippen MR) is 248 cm³/mol. The molecule has 0 aromatic heterocycles. The van der Waals surface area contributed by atoms with Crippen molar-refractivity contribution in [1.29, 1.82) is 0 Å². The van der Waals surface area contributed by atoms with Crippen LogP contribution >= 0.6 is 7.82 Å². The Hall–Kier alpha value is -2.97. The van der Waals surface area contributed by atoms with Crippen LogP contribution in [0.3, 0.4) is 0 Å². The maximum atomic E-state index is 12.8. The smallest absolute Gasteiger partial charge is 0.462 e. The second-order valence-electron chi connectivity index (χ2n) is 15.9. The second-order valence-corrected chi connectivity index (χ2v) is 17.3. The first-order chi connectivity index (χ1) is 30.4. The van der Waals surface area contributed by atoms with Crippen LogP contribution in [0.15, 0.2) is 85.1 Å². The number of carbonyl (C=O) groups excluding carboxylic acids is 2. The van der Waals surface area contributed by atoms with Gasteiger partial charge in [-0.3, -0.25) is 18.6 Å². The number of carbonyl (C=O) groups is 2. The summed E-state index contributed by atoms with van der Waals surface area (Å²) in [6, 6.07) is 0. The highest BCUT2D eigenvalue weighted by molar-refractivity contribution is 7.47. The van der Waals surface area contributed by atoms with Crippen molar-refractivity contribution < 1.29 is 63.1 Å². The van der Waals surface area contributed by atoms with Crippen LogP contribution in [-0.4, -0.2) is 98.3 Å². The molecular weight excluding hydrogens is 827 g/mol. The Balaban J connectivity index is 2.51. The van der Waals surface area contributed by atoms with Crippen molar-refractivity contribution >= 4 is 19.8 Å². The molecule has 1 saturated carbocycles. The van der Waals surface area contributed by atoms with Gasteiger partial charge in [0.05, 0.1) is 6.61 Å². The lowest BCUT2D eigenvalue weighted by atomic mass is 9.85. The molecule has 1 fully saturated rings. The van der Waals surface area contributed by atoms with Gasteiger partial charge in [-0.05, 0) is 83.5 Å². The van der Waals surface area contributed by atoms with E-state index in [1.54, 1.807) is 0 Å². The fraction of sp³-hybridized carbons (Fsp3) is 0.673. The van der Waals surface area contributed by atoms with Gasteiger partial charge in [-0.1, -0.05) is 144 Å². The van der Waals surface area contributed by atoms with Gasteiger partial charge in [-0.2, -0.15) is 0 Å². The summed E-state index contributed by atoms with van der Waals surface area (Å²) in [6.07, 6.45) is 36.4. The summed E-state index contributed by atoms with van der Waals surface area (Å²) in [4.78, 5) is 35.7. The number of ether oxygens (including phenoxy) is 2. The number of aliphatic hydroxyl groups is 5. The van der Waals surface area contributed by atoms with Gasteiger partial charge in [0.1, 0.15) is 43.2 Å². The van der Waals surface area contributed by atoms with Gasteiger partial charge in [0, 0.05) is 12.8 Å². The van der Waals surface area contributed by atoms with Crippen LogP contribution in [0.2, 0.25) is 0 Å². The average molecular weight is 909 g/mol. The molecule has 0 aromatic carbocycles. The van der Waals surface area contributed by atoms with Crippen LogP contribution in [0.25, 0.3) is 0 Å². The molecule has 0 radical (unpaired) electrons. The van der Waals surface area contributed by atoms with Crippen LogP contribution in [0.5, 0.6) is 0 Å². The third-order valence-corrected chi connectivity index (χ3v) is 11.2. The van der Waals surface area contributed by atoms with E-state index < -0.39 is 75.7 Å². The molecule has 0 spiro atoms. The first-order valence-corrected chi connectivity index (χ1v) is 24.9. The van der Waals surface area contributed by atoms with E-state index in [9.17, 15) is 44.6 Å². The summed E-state index contributed by atoms with van der Waals surface area (Å²) >= 11 is 0. The summed E-state index contributed by atoms with van der Waals surface area (Å²) in [7, 11) is -5.14. The molecule has 1 aliphatic carbocycles. The zero-order valence-corrected chi connectivity index (χ0v) is 39.0. The summed E-state index contributed by atoms with van der Waals surface area (Å²) < 4.78 is 33.5. The minimum Gasteiger partial charge on any atom is -0.462 e. The minimum absolute atomic E-state index is 0.0708. The standard InChI is InChI=1S/C49H81O13P/c1-3-5-7-9-11-13-15-17-19-21-23-25-27-29-31-33-35-37-42(50)59-39-41(40-60-63(57,58)62-49-47(55)45(53)44(52)46(54)48(49)56)61-43(51)38-36-34-32-30-28-26-24-22-20-18-16-14-12-10-8-6-4-2/h5,7,11-14,17-20,23,25,29,31,41,44-49,52-56H,3-4,6,8-10,15-16,21-22,24,26-28,30,32-40H2,1-2H3,(H,57,58)/b7-5+,13-11+,14-12+,19-17+,20-18+,25-23+,31-29+/t41-,44?,45-,46?,47?,48?,49?/m0/s1. The maximum Gasteiger partial charge on any atom is 0.472 e. The fourth-order valence-electron chi connectivity index (χ4n) is 6.47. The third-order valence-electron chi connectivity index (χ3n) is 10.2. The molecule has 0 amide bonds. The Morgan fingerprint density at radius 1 is 0.508 bits per heavy atom. The average Bonchev–Trinajstić information content (AvgIpc) is 3.26. The lowest BCUT2D eigenvalue weighted by Crippen LogP contribution is -2.64. The Morgan fingerprint density at radius 3 is 1.43 bits per heavy atom. The molecule has 6 N–H and O–H groups in total. The first-order valence-electron chi connectivity index (χ1n) is 23.4. The number of hydrogen-bond acceptors (Lipinski definition) is 12. The molecule has 0 aromatic rings. The van der Waals surface area contributed by atoms with E-state index in [4.69, 9.17) is 18.5 Å². The van der Waals surface area contributed by atoms with Gasteiger partial charge in [0.2, 0.25) is 0 Å². The molecule has 14 heteroatoms. The van der Waals surface area contributed by atoms with Gasteiger partial charge in [-0.15, -0.1) is 0 Å². The lowest BCUT2D eigenvalue weighted by molar-refractivity contribution is -0.220. The summed E-state index contributed by atoms with van der Waals surface area (Å²) in [5.41, 5.74) is 0. The number of aliphatic hydroxyl groups excluding tert-OH is 5. The van der Waals surface area contributed by atoms with E-state index >= 15 is 0 Å². The van der Waals surface area contributed by atoms with Crippen LogP contribution in [0, 0.1) is 0 Å². The van der Waals surface area contributed by atoms with Crippen molar-refractivity contribution in [1.82, 2.24) is 0 Å². The van der Waals surface area contributed by atoms with E-state index in [0.29, 0.717) is 19.3 Å². The fourth-order valence-corrected chi connectivity index (χ4v) is 7.44. The van der Waals surface area contributed by atoms with Crippen molar-refractivity contribution in [2.24, 2.45) is 0 Å². The van der Waals surface area contributed by atoms with Crippen molar-refractivity contribution in [3.05, 3.63) is 85.1 Å². The molecule has 1 aliphatic rings. The van der Waals surface area contributed by atoms with Crippen LogP contribution < -0.4 is 0 Å². The maximum absolute atomic E-state index is 12.8.